The predicted molar refractivity (Wildman–Crippen MR) is 79.9 cm³/mol. The van der Waals surface area contributed by atoms with Crippen LogP contribution in [0, 0.1) is 5.92 Å². The van der Waals surface area contributed by atoms with Crippen LogP contribution in [0.2, 0.25) is 0 Å². The highest BCUT2D eigenvalue weighted by molar-refractivity contribution is 5.74. The van der Waals surface area contributed by atoms with E-state index in [0.29, 0.717) is 12.5 Å². The number of urea groups is 1. The lowest BCUT2D eigenvalue weighted by molar-refractivity contribution is 0.244. The molecule has 0 aliphatic heterocycles. The highest BCUT2D eigenvalue weighted by Gasteiger charge is 1.96. The first-order valence-electron chi connectivity index (χ1n) is 6.93. The molecular weight excluding hydrogens is 236 g/mol. The molecule has 2 N–H and O–H groups in total. The third kappa shape index (κ3) is 8.03. The number of hydrogen-bond acceptors (Lipinski definition) is 1. The van der Waals surface area contributed by atoms with E-state index in [1.165, 1.54) is 5.56 Å². The molecule has 0 unspecified atom stereocenters. The molecule has 0 aliphatic rings. The van der Waals surface area contributed by atoms with Gasteiger partial charge in [0.1, 0.15) is 0 Å². The lowest BCUT2D eigenvalue weighted by atomic mass is 10.1. The Hall–Kier alpha value is -1.77. The summed E-state index contributed by atoms with van der Waals surface area (Å²) >= 11 is 0. The number of carbonyl (C=O) groups is 1. The lowest BCUT2D eigenvalue weighted by Gasteiger charge is -2.05. The number of benzene rings is 1. The molecule has 1 aromatic rings. The largest absolute Gasteiger partial charge is 0.338 e. The monoisotopic (exact) mass is 260 g/mol. The van der Waals surface area contributed by atoms with Crippen molar-refractivity contribution in [3.05, 3.63) is 48.2 Å². The van der Waals surface area contributed by atoms with Gasteiger partial charge in [0.2, 0.25) is 0 Å². The molecule has 1 rings (SSSR count). The first kappa shape index (κ1) is 15.3. The van der Waals surface area contributed by atoms with Gasteiger partial charge < -0.3 is 10.6 Å². The maximum absolute atomic E-state index is 11.4. The summed E-state index contributed by atoms with van der Waals surface area (Å²) in [6.45, 7) is 4.85. The van der Waals surface area contributed by atoms with Crippen molar-refractivity contribution in [2.75, 3.05) is 6.54 Å². The summed E-state index contributed by atoms with van der Waals surface area (Å²) in [5, 5.41) is 5.53. The summed E-state index contributed by atoms with van der Waals surface area (Å²) < 4.78 is 0. The average molecular weight is 260 g/mol. The molecule has 0 radical (unpaired) electrons. The van der Waals surface area contributed by atoms with Gasteiger partial charge in [-0.15, -0.1) is 0 Å². The number of rotatable bonds is 7. The summed E-state index contributed by atoms with van der Waals surface area (Å²) in [5.41, 5.74) is 1.35. The summed E-state index contributed by atoms with van der Waals surface area (Å²) in [7, 11) is 0. The molecule has 1 aromatic carbocycles. The van der Waals surface area contributed by atoms with E-state index < -0.39 is 0 Å². The van der Waals surface area contributed by atoms with Crippen LogP contribution in [-0.4, -0.2) is 12.6 Å². The Kier molecular flexibility index (Phi) is 7.40. The Morgan fingerprint density at radius 3 is 2.63 bits per heavy atom. The first-order valence-corrected chi connectivity index (χ1v) is 6.93. The zero-order valence-electron chi connectivity index (χ0n) is 11.9. The molecule has 19 heavy (non-hydrogen) atoms. The van der Waals surface area contributed by atoms with Crippen LogP contribution in [0.5, 0.6) is 0 Å². The van der Waals surface area contributed by atoms with Crippen LogP contribution in [0.4, 0.5) is 4.79 Å². The number of allylic oxidation sites excluding steroid dienone is 1. The van der Waals surface area contributed by atoms with Crippen molar-refractivity contribution in [2.24, 2.45) is 5.92 Å². The molecule has 0 fully saturated rings. The topological polar surface area (TPSA) is 41.1 Å². The van der Waals surface area contributed by atoms with Crippen LogP contribution in [0.25, 0.3) is 0 Å². The van der Waals surface area contributed by atoms with E-state index in [-0.39, 0.29) is 6.03 Å². The highest BCUT2D eigenvalue weighted by atomic mass is 16.2. The lowest BCUT2D eigenvalue weighted by Crippen LogP contribution is -2.32. The molecule has 0 spiro atoms. The van der Waals surface area contributed by atoms with Gasteiger partial charge in [0.15, 0.2) is 0 Å². The molecule has 0 bridgehead atoms. The van der Waals surface area contributed by atoms with Crippen molar-refractivity contribution in [1.82, 2.24) is 10.6 Å². The molecule has 3 heteroatoms. The second-order valence-corrected chi connectivity index (χ2v) is 4.95. The van der Waals surface area contributed by atoms with E-state index in [4.69, 9.17) is 0 Å². The Morgan fingerprint density at radius 1 is 1.21 bits per heavy atom. The van der Waals surface area contributed by atoms with E-state index in [1.807, 2.05) is 12.1 Å². The first-order chi connectivity index (χ1) is 9.18. The van der Waals surface area contributed by atoms with E-state index >= 15 is 0 Å². The quantitative estimate of drug-likeness (QED) is 0.724. The van der Waals surface area contributed by atoms with Crippen molar-refractivity contribution in [3.63, 3.8) is 0 Å². The minimum atomic E-state index is -0.128. The zero-order valence-corrected chi connectivity index (χ0v) is 11.9. The van der Waals surface area contributed by atoms with E-state index in [0.717, 1.165) is 19.3 Å². The SMILES string of the molecule is CC(C)/C=C/NC(=O)NCCCCc1ccccc1. The number of nitrogens with one attached hydrogen (secondary N) is 2. The minimum absolute atomic E-state index is 0.128. The van der Waals surface area contributed by atoms with Gasteiger partial charge in [-0.3, -0.25) is 0 Å². The fourth-order valence-electron chi connectivity index (χ4n) is 1.67. The van der Waals surface area contributed by atoms with Gasteiger partial charge >= 0.3 is 6.03 Å². The molecule has 0 atom stereocenters. The van der Waals surface area contributed by atoms with Crippen LogP contribution in [0.1, 0.15) is 32.3 Å². The fraction of sp³-hybridized carbons (Fsp3) is 0.438. The van der Waals surface area contributed by atoms with Crippen molar-refractivity contribution in [1.29, 1.82) is 0 Å². The van der Waals surface area contributed by atoms with E-state index in [9.17, 15) is 4.79 Å². The van der Waals surface area contributed by atoms with E-state index in [2.05, 4.69) is 48.7 Å². The second-order valence-electron chi connectivity index (χ2n) is 4.95. The summed E-state index contributed by atoms with van der Waals surface area (Å²) in [4.78, 5) is 11.4. The van der Waals surface area contributed by atoms with Gasteiger partial charge in [0.25, 0.3) is 0 Å². The highest BCUT2D eigenvalue weighted by Crippen LogP contribution is 2.03. The number of carbonyl (C=O) groups excluding carboxylic acids is 1. The summed E-state index contributed by atoms with van der Waals surface area (Å²) in [6, 6.07) is 10.3. The Morgan fingerprint density at radius 2 is 1.95 bits per heavy atom. The summed E-state index contributed by atoms with van der Waals surface area (Å²) in [5.74, 6) is 0.450. The van der Waals surface area contributed by atoms with Crippen molar-refractivity contribution >= 4 is 6.03 Å². The fourth-order valence-corrected chi connectivity index (χ4v) is 1.67. The molecule has 3 nitrogen and oxygen atoms in total. The second kappa shape index (κ2) is 9.20. The molecule has 0 heterocycles. The van der Waals surface area contributed by atoms with Crippen LogP contribution >= 0.6 is 0 Å². The Balaban J connectivity index is 2.03. The third-order valence-electron chi connectivity index (χ3n) is 2.72. The molecule has 0 aliphatic carbocycles. The predicted octanol–water partition coefficient (Wildman–Crippen LogP) is 3.48. The molecule has 0 aromatic heterocycles. The van der Waals surface area contributed by atoms with Gasteiger partial charge in [0, 0.05) is 12.7 Å². The van der Waals surface area contributed by atoms with Gasteiger partial charge in [-0.25, -0.2) is 4.79 Å². The van der Waals surface area contributed by atoms with E-state index in [1.54, 1.807) is 6.20 Å². The molecule has 0 saturated heterocycles. The van der Waals surface area contributed by atoms with Crippen molar-refractivity contribution in [3.8, 4) is 0 Å². The number of hydrogen-bond donors (Lipinski definition) is 2. The normalized spacial score (nSPS) is 10.9. The van der Waals surface area contributed by atoms with Crippen LogP contribution in [-0.2, 0) is 6.42 Å². The summed E-state index contributed by atoms with van der Waals surface area (Å²) in [6.07, 6.45) is 6.80. The van der Waals surface area contributed by atoms with Crippen LogP contribution < -0.4 is 10.6 Å². The van der Waals surface area contributed by atoms with Gasteiger partial charge in [-0.1, -0.05) is 50.3 Å². The van der Waals surface area contributed by atoms with Crippen LogP contribution in [0.3, 0.4) is 0 Å². The molecule has 2 amide bonds. The average Bonchev–Trinajstić information content (AvgIpc) is 2.39. The number of aryl methyl sites for hydroxylation is 1. The maximum atomic E-state index is 11.4. The van der Waals surface area contributed by atoms with Crippen LogP contribution in [0.15, 0.2) is 42.6 Å². The molecule has 104 valence electrons. The molecular formula is C16H24N2O. The minimum Gasteiger partial charge on any atom is -0.338 e. The maximum Gasteiger partial charge on any atom is 0.318 e. The standard InChI is InChI=1S/C16H24N2O/c1-14(2)11-13-18-16(19)17-12-7-6-10-15-8-4-3-5-9-15/h3-5,8-9,11,13-14H,6-7,10,12H2,1-2H3,(H2,17,18,19)/b13-11+. The van der Waals surface area contributed by atoms with Crippen molar-refractivity contribution in [2.45, 2.75) is 33.1 Å². The third-order valence-corrected chi connectivity index (χ3v) is 2.72. The number of unbranched alkanes of at least 4 members (excludes halogenated alkanes) is 1. The Bertz CT molecular complexity index is 385. The molecule has 0 saturated carbocycles. The van der Waals surface area contributed by atoms with Gasteiger partial charge in [-0.2, -0.15) is 0 Å². The van der Waals surface area contributed by atoms with Gasteiger partial charge in [0.05, 0.1) is 0 Å². The van der Waals surface area contributed by atoms with Gasteiger partial charge in [-0.05, 0) is 30.7 Å². The Labute approximate surface area is 116 Å². The zero-order chi connectivity index (χ0) is 13.9. The number of amides is 2. The van der Waals surface area contributed by atoms with Crippen molar-refractivity contribution < 1.29 is 4.79 Å². The smallest absolute Gasteiger partial charge is 0.318 e.